The van der Waals surface area contributed by atoms with Crippen molar-refractivity contribution in [1.82, 2.24) is 0 Å². The van der Waals surface area contributed by atoms with E-state index in [0.29, 0.717) is 26.4 Å². The molecule has 2 aliphatic heterocycles. The van der Waals surface area contributed by atoms with E-state index < -0.39 is 0 Å². The maximum Gasteiger partial charge on any atom is 0.494 e. The Morgan fingerprint density at radius 2 is 1.09 bits per heavy atom. The minimum Gasteiger partial charge on any atom is -0.407 e. The molecule has 0 N–H and O–H groups in total. The summed E-state index contributed by atoms with van der Waals surface area (Å²) in [5.74, 6) is 0. The molecule has 0 saturated carbocycles. The van der Waals surface area contributed by atoms with E-state index in [1.54, 1.807) is 0 Å². The SMILES string of the molecule is Cc1c(B2OCC(C)(C)CO2)cccc1B1OCC(C)(C)CO1. The van der Waals surface area contributed by atoms with Crippen LogP contribution in [-0.2, 0) is 18.6 Å². The first-order valence-electron chi connectivity index (χ1n) is 8.33. The maximum atomic E-state index is 5.93. The summed E-state index contributed by atoms with van der Waals surface area (Å²) in [6.07, 6.45) is 0. The molecule has 0 amide bonds. The van der Waals surface area contributed by atoms with E-state index in [1.807, 2.05) is 6.07 Å². The van der Waals surface area contributed by atoms with Crippen molar-refractivity contribution in [1.29, 1.82) is 0 Å². The van der Waals surface area contributed by atoms with Gasteiger partial charge in [0.15, 0.2) is 0 Å². The fraction of sp³-hybridized carbons (Fsp3) is 0.647. The lowest BCUT2D eigenvalue weighted by molar-refractivity contribution is 0.0337. The van der Waals surface area contributed by atoms with Crippen LogP contribution < -0.4 is 10.9 Å². The molecule has 0 atom stereocenters. The third kappa shape index (κ3) is 3.82. The van der Waals surface area contributed by atoms with Crippen LogP contribution in [0.4, 0.5) is 0 Å². The lowest BCUT2D eigenvalue weighted by Gasteiger charge is -2.35. The van der Waals surface area contributed by atoms with Crippen LogP contribution in [0.2, 0.25) is 0 Å². The summed E-state index contributed by atoms with van der Waals surface area (Å²) in [7, 11) is -0.606. The van der Waals surface area contributed by atoms with Crippen LogP contribution in [-0.4, -0.2) is 40.7 Å². The number of hydrogen-bond acceptors (Lipinski definition) is 4. The first-order valence-corrected chi connectivity index (χ1v) is 8.33. The third-order valence-corrected chi connectivity index (χ3v) is 4.43. The molecule has 0 radical (unpaired) electrons. The Hall–Kier alpha value is -0.810. The molecule has 23 heavy (non-hydrogen) atoms. The summed E-state index contributed by atoms with van der Waals surface area (Å²) in [4.78, 5) is 0. The van der Waals surface area contributed by atoms with Crippen LogP contribution in [0.25, 0.3) is 0 Å². The van der Waals surface area contributed by atoms with Gasteiger partial charge in [0.25, 0.3) is 0 Å². The molecular weight excluding hydrogens is 290 g/mol. The predicted molar refractivity (Wildman–Crippen MR) is 93.3 cm³/mol. The van der Waals surface area contributed by atoms with Crippen LogP contribution in [0.1, 0.15) is 33.3 Å². The molecule has 2 saturated heterocycles. The molecular formula is C17H26B2O4. The lowest BCUT2D eigenvalue weighted by atomic mass is 9.66. The average Bonchev–Trinajstić information content (AvgIpc) is 2.48. The molecule has 3 rings (SSSR count). The van der Waals surface area contributed by atoms with Crippen LogP contribution in [0.5, 0.6) is 0 Å². The van der Waals surface area contributed by atoms with Crippen LogP contribution in [0.15, 0.2) is 18.2 Å². The summed E-state index contributed by atoms with van der Waals surface area (Å²) in [6, 6.07) is 6.15. The van der Waals surface area contributed by atoms with E-state index in [0.717, 1.165) is 16.5 Å². The fourth-order valence-electron chi connectivity index (χ4n) is 2.93. The van der Waals surface area contributed by atoms with E-state index in [1.165, 1.54) is 0 Å². The Morgan fingerprint density at radius 1 is 0.739 bits per heavy atom. The van der Waals surface area contributed by atoms with Crippen molar-refractivity contribution in [3.05, 3.63) is 23.8 Å². The van der Waals surface area contributed by atoms with Gasteiger partial charge < -0.3 is 18.6 Å². The van der Waals surface area contributed by atoms with Gasteiger partial charge in [-0.05, 0) is 17.8 Å². The van der Waals surface area contributed by atoms with Gasteiger partial charge in [-0.25, -0.2) is 0 Å². The molecule has 0 bridgehead atoms. The largest absolute Gasteiger partial charge is 0.494 e. The predicted octanol–water partition coefficient (Wildman–Crippen LogP) is 1.53. The summed E-state index contributed by atoms with van der Waals surface area (Å²) >= 11 is 0. The molecule has 2 aliphatic rings. The Bertz CT molecular complexity index is 507. The summed E-state index contributed by atoms with van der Waals surface area (Å²) in [6.45, 7) is 13.5. The van der Waals surface area contributed by atoms with Gasteiger partial charge in [-0.3, -0.25) is 0 Å². The van der Waals surface area contributed by atoms with E-state index in [4.69, 9.17) is 18.6 Å². The zero-order valence-corrected chi connectivity index (χ0v) is 14.8. The Balaban J connectivity index is 1.77. The Morgan fingerprint density at radius 3 is 1.43 bits per heavy atom. The lowest BCUT2D eigenvalue weighted by Crippen LogP contribution is -2.53. The number of benzene rings is 1. The highest BCUT2D eigenvalue weighted by Crippen LogP contribution is 2.23. The average molecular weight is 316 g/mol. The number of hydrogen-bond donors (Lipinski definition) is 0. The van der Waals surface area contributed by atoms with Crippen LogP contribution in [0, 0.1) is 17.8 Å². The second kappa shape index (κ2) is 6.25. The van der Waals surface area contributed by atoms with Crippen LogP contribution >= 0.6 is 0 Å². The molecule has 1 aromatic rings. The molecule has 0 unspecified atom stereocenters. The van der Waals surface area contributed by atoms with Crippen molar-refractivity contribution >= 4 is 25.2 Å². The zero-order chi connectivity index (χ0) is 16.7. The summed E-state index contributed by atoms with van der Waals surface area (Å²) < 4.78 is 23.7. The second-order valence-electron chi connectivity index (χ2n) is 8.30. The molecule has 2 fully saturated rings. The van der Waals surface area contributed by atoms with Gasteiger partial charge in [0, 0.05) is 37.3 Å². The molecule has 1 aromatic carbocycles. The van der Waals surface area contributed by atoms with Gasteiger partial charge in [0.05, 0.1) is 0 Å². The van der Waals surface area contributed by atoms with E-state index in [2.05, 4.69) is 46.8 Å². The van der Waals surface area contributed by atoms with E-state index in [9.17, 15) is 0 Å². The van der Waals surface area contributed by atoms with Gasteiger partial charge in [-0.2, -0.15) is 0 Å². The molecule has 0 aromatic heterocycles. The molecule has 124 valence electrons. The minimum absolute atomic E-state index is 0.0726. The van der Waals surface area contributed by atoms with Gasteiger partial charge in [-0.15, -0.1) is 0 Å². The highest BCUT2D eigenvalue weighted by molar-refractivity contribution is 6.66. The van der Waals surface area contributed by atoms with Crippen LogP contribution in [0.3, 0.4) is 0 Å². The first kappa shape index (κ1) is 17.0. The normalized spacial score (nSPS) is 23.9. The van der Waals surface area contributed by atoms with Crippen molar-refractivity contribution < 1.29 is 18.6 Å². The molecule has 0 spiro atoms. The van der Waals surface area contributed by atoms with Crippen molar-refractivity contribution in [2.75, 3.05) is 26.4 Å². The van der Waals surface area contributed by atoms with E-state index >= 15 is 0 Å². The monoisotopic (exact) mass is 316 g/mol. The summed E-state index contributed by atoms with van der Waals surface area (Å²) in [5, 5.41) is 0. The van der Waals surface area contributed by atoms with Crippen molar-refractivity contribution in [3.8, 4) is 0 Å². The first-order chi connectivity index (χ1) is 10.8. The van der Waals surface area contributed by atoms with Gasteiger partial charge in [-0.1, -0.05) is 51.5 Å². The second-order valence-corrected chi connectivity index (χ2v) is 8.30. The number of rotatable bonds is 2. The molecule has 6 heteroatoms. The third-order valence-electron chi connectivity index (χ3n) is 4.43. The van der Waals surface area contributed by atoms with Crippen molar-refractivity contribution in [2.45, 2.75) is 34.6 Å². The van der Waals surface area contributed by atoms with Gasteiger partial charge in [0.1, 0.15) is 0 Å². The summed E-state index contributed by atoms with van der Waals surface area (Å²) in [5.41, 5.74) is 3.40. The van der Waals surface area contributed by atoms with E-state index in [-0.39, 0.29) is 25.1 Å². The zero-order valence-electron chi connectivity index (χ0n) is 14.8. The van der Waals surface area contributed by atoms with Gasteiger partial charge >= 0.3 is 14.2 Å². The topological polar surface area (TPSA) is 36.9 Å². The fourth-order valence-corrected chi connectivity index (χ4v) is 2.93. The standard InChI is InChI=1S/C17H26B2O4/c1-13-14(18-20-9-16(2,3)10-21-18)7-6-8-15(13)19-22-11-17(4,5)12-23-19/h6-8H,9-12H2,1-5H3. The van der Waals surface area contributed by atoms with Crippen molar-refractivity contribution in [2.24, 2.45) is 10.8 Å². The molecule has 2 heterocycles. The highest BCUT2D eigenvalue weighted by atomic mass is 16.6. The van der Waals surface area contributed by atoms with Gasteiger partial charge in [0.2, 0.25) is 0 Å². The highest BCUT2D eigenvalue weighted by Gasteiger charge is 2.38. The molecule has 0 aliphatic carbocycles. The Labute approximate surface area is 140 Å². The molecule has 4 nitrogen and oxygen atoms in total. The quantitative estimate of drug-likeness (QED) is 0.776. The smallest absolute Gasteiger partial charge is 0.407 e. The minimum atomic E-state index is -0.303. The van der Waals surface area contributed by atoms with Crippen molar-refractivity contribution in [3.63, 3.8) is 0 Å². The maximum absolute atomic E-state index is 5.93. The Kier molecular flexibility index (Phi) is 4.62.